The molecule has 0 spiro atoms. The van der Waals surface area contributed by atoms with Crippen LogP contribution in [0.3, 0.4) is 0 Å². The van der Waals surface area contributed by atoms with Crippen molar-refractivity contribution in [2.24, 2.45) is 5.92 Å². The van der Waals surface area contributed by atoms with Gasteiger partial charge in [-0.05, 0) is 55.6 Å². The van der Waals surface area contributed by atoms with Gasteiger partial charge in [0.1, 0.15) is 0 Å². The zero-order valence-corrected chi connectivity index (χ0v) is 13.9. The molecule has 0 aliphatic carbocycles. The van der Waals surface area contributed by atoms with Crippen LogP contribution in [0.4, 0.5) is 0 Å². The standard InChI is InChI=1S/C15H32N2O2/c1-13(2,18)10-17(8)9-11-12(16-7)15(5,6)19-14(11,3)4/h11-12,16,18H,9-10H2,1-8H3. The van der Waals surface area contributed by atoms with Gasteiger partial charge in [-0.3, -0.25) is 0 Å². The van der Waals surface area contributed by atoms with Crippen molar-refractivity contribution in [3.8, 4) is 0 Å². The van der Waals surface area contributed by atoms with E-state index in [2.05, 4.69) is 45.0 Å². The summed E-state index contributed by atoms with van der Waals surface area (Å²) in [4.78, 5) is 2.20. The molecule has 1 rings (SSSR count). The SMILES string of the molecule is CNC1C(CN(C)CC(C)(C)O)C(C)(C)OC1(C)C. The number of hydrogen-bond acceptors (Lipinski definition) is 4. The van der Waals surface area contributed by atoms with Crippen molar-refractivity contribution in [1.82, 2.24) is 10.2 Å². The Kier molecular flexibility index (Phi) is 4.73. The Balaban J connectivity index is 2.80. The van der Waals surface area contributed by atoms with Gasteiger partial charge in [0.05, 0.1) is 16.8 Å². The summed E-state index contributed by atoms with van der Waals surface area (Å²) in [5.74, 6) is 0.389. The van der Waals surface area contributed by atoms with Crippen LogP contribution in [0.15, 0.2) is 0 Å². The average molecular weight is 272 g/mol. The van der Waals surface area contributed by atoms with Crippen molar-refractivity contribution in [2.45, 2.75) is 64.4 Å². The molecule has 4 nitrogen and oxygen atoms in total. The molecule has 0 aromatic carbocycles. The Bertz CT molecular complexity index is 308. The maximum absolute atomic E-state index is 9.93. The van der Waals surface area contributed by atoms with Crippen molar-refractivity contribution in [2.75, 3.05) is 27.2 Å². The molecule has 4 heteroatoms. The minimum Gasteiger partial charge on any atom is -0.389 e. The van der Waals surface area contributed by atoms with Crippen LogP contribution in [-0.2, 0) is 4.74 Å². The van der Waals surface area contributed by atoms with E-state index in [-0.39, 0.29) is 11.2 Å². The maximum Gasteiger partial charge on any atom is 0.0790 e. The Morgan fingerprint density at radius 1 is 1.21 bits per heavy atom. The van der Waals surface area contributed by atoms with Gasteiger partial charge in [-0.25, -0.2) is 0 Å². The Morgan fingerprint density at radius 2 is 1.74 bits per heavy atom. The summed E-state index contributed by atoms with van der Waals surface area (Å²) in [5, 5.41) is 13.3. The minimum atomic E-state index is -0.664. The van der Waals surface area contributed by atoms with Gasteiger partial charge in [0.15, 0.2) is 0 Å². The van der Waals surface area contributed by atoms with E-state index in [1.54, 1.807) is 0 Å². The molecule has 1 aliphatic rings. The largest absolute Gasteiger partial charge is 0.389 e. The first-order chi connectivity index (χ1) is 8.39. The quantitative estimate of drug-likeness (QED) is 0.796. The van der Waals surface area contributed by atoms with E-state index in [4.69, 9.17) is 4.74 Å². The minimum absolute atomic E-state index is 0.162. The Hall–Kier alpha value is -0.160. The van der Waals surface area contributed by atoms with E-state index >= 15 is 0 Å². The van der Waals surface area contributed by atoms with Gasteiger partial charge in [0, 0.05) is 25.0 Å². The number of nitrogens with zero attached hydrogens (tertiary/aromatic N) is 1. The molecular weight excluding hydrogens is 240 g/mol. The van der Waals surface area contributed by atoms with Gasteiger partial charge in [0.25, 0.3) is 0 Å². The molecule has 0 bridgehead atoms. The summed E-state index contributed by atoms with van der Waals surface area (Å²) in [6.07, 6.45) is 0. The number of nitrogens with one attached hydrogen (secondary N) is 1. The lowest BCUT2D eigenvalue weighted by molar-refractivity contribution is -0.0800. The lowest BCUT2D eigenvalue weighted by atomic mass is 9.82. The molecule has 114 valence electrons. The van der Waals surface area contributed by atoms with Gasteiger partial charge >= 0.3 is 0 Å². The summed E-state index contributed by atoms with van der Waals surface area (Å²) in [6, 6.07) is 0.312. The van der Waals surface area contributed by atoms with Crippen LogP contribution in [0.25, 0.3) is 0 Å². The van der Waals surface area contributed by atoms with Crippen molar-refractivity contribution < 1.29 is 9.84 Å². The lowest BCUT2D eigenvalue weighted by Gasteiger charge is -2.34. The van der Waals surface area contributed by atoms with Crippen molar-refractivity contribution in [3.63, 3.8) is 0 Å². The summed E-state index contributed by atoms with van der Waals surface area (Å²) in [7, 11) is 4.06. The summed E-state index contributed by atoms with van der Waals surface area (Å²) >= 11 is 0. The highest BCUT2D eigenvalue weighted by atomic mass is 16.5. The third-order valence-corrected chi connectivity index (χ3v) is 4.05. The highest BCUT2D eigenvalue weighted by Crippen LogP contribution is 2.42. The van der Waals surface area contributed by atoms with Gasteiger partial charge in [-0.15, -0.1) is 0 Å². The molecule has 1 heterocycles. The van der Waals surface area contributed by atoms with Crippen molar-refractivity contribution in [1.29, 1.82) is 0 Å². The highest BCUT2D eigenvalue weighted by Gasteiger charge is 2.53. The molecule has 2 N–H and O–H groups in total. The molecule has 2 atom stereocenters. The molecular formula is C15H32N2O2. The van der Waals surface area contributed by atoms with Crippen LogP contribution in [0.2, 0.25) is 0 Å². The zero-order valence-electron chi connectivity index (χ0n) is 13.9. The smallest absolute Gasteiger partial charge is 0.0790 e. The Labute approximate surface area is 118 Å². The number of ether oxygens (including phenoxy) is 1. The maximum atomic E-state index is 9.93. The highest BCUT2D eigenvalue weighted by molar-refractivity contribution is 5.05. The molecule has 19 heavy (non-hydrogen) atoms. The molecule has 1 fully saturated rings. The fourth-order valence-corrected chi connectivity index (χ4v) is 3.64. The number of rotatable bonds is 5. The molecule has 2 unspecified atom stereocenters. The van der Waals surface area contributed by atoms with E-state index in [0.29, 0.717) is 18.5 Å². The summed E-state index contributed by atoms with van der Waals surface area (Å²) in [6.45, 7) is 13.9. The third kappa shape index (κ3) is 4.15. The van der Waals surface area contributed by atoms with E-state index in [0.717, 1.165) is 6.54 Å². The average Bonchev–Trinajstić information content (AvgIpc) is 2.27. The van der Waals surface area contributed by atoms with Crippen LogP contribution >= 0.6 is 0 Å². The number of likely N-dealkylation sites (N-methyl/N-ethyl adjacent to an activating group) is 2. The first-order valence-corrected chi connectivity index (χ1v) is 7.17. The summed E-state index contributed by atoms with van der Waals surface area (Å²) in [5.41, 5.74) is -0.994. The second-order valence-electron chi connectivity index (χ2n) is 7.69. The first-order valence-electron chi connectivity index (χ1n) is 7.17. The van der Waals surface area contributed by atoms with E-state index in [1.165, 1.54) is 0 Å². The molecule has 0 aromatic heterocycles. The van der Waals surface area contributed by atoms with E-state index in [1.807, 2.05) is 20.9 Å². The van der Waals surface area contributed by atoms with E-state index < -0.39 is 5.60 Å². The van der Waals surface area contributed by atoms with Crippen molar-refractivity contribution in [3.05, 3.63) is 0 Å². The number of aliphatic hydroxyl groups is 1. The first kappa shape index (κ1) is 16.9. The van der Waals surface area contributed by atoms with Gasteiger partial charge < -0.3 is 20.1 Å². The topological polar surface area (TPSA) is 44.7 Å². The van der Waals surface area contributed by atoms with Gasteiger partial charge in [-0.2, -0.15) is 0 Å². The normalized spacial score (nSPS) is 30.0. The fourth-order valence-electron chi connectivity index (χ4n) is 3.64. The predicted molar refractivity (Wildman–Crippen MR) is 79.4 cm³/mol. The lowest BCUT2D eigenvalue weighted by Crippen LogP contribution is -2.50. The predicted octanol–water partition coefficient (Wildman–Crippen LogP) is 1.48. The van der Waals surface area contributed by atoms with Gasteiger partial charge in [0.2, 0.25) is 0 Å². The molecule has 1 aliphatic heterocycles. The molecule has 0 radical (unpaired) electrons. The molecule has 0 aromatic rings. The van der Waals surface area contributed by atoms with Crippen LogP contribution in [0.1, 0.15) is 41.5 Å². The molecule has 1 saturated heterocycles. The third-order valence-electron chi connectivity index (χ3n) is 4.05. The molecule has 0 amide bonds. The van der Waals surface area contributed by atoms with Crippen LogP contribution in [0.5, 0.6) is 0 Å². The van der Waals surface area contributed by atoms with Gasteiger partial charge in [-0.1, -0.05) is 0 Å². The van der Waals surface area contributed by atoms with Crippen LogP contribution in [-0.4, -0.2) is 60.0 Å². The van der Waals surface area contributed by atoms with Crippen molar-refractivity contribution >= 4 is 0 Å². The van der Waals surface area contributed by atoms with Crippen LogP contribution in [0, 0.1) is 5.92 Å². The van der Waals surface area contributed by atoms with Crippen LogP contribution < -0.4 is 5.32 Å². The second kappa shape index (κ2) is 5.32. The zero-order chi connectivity index (χ0) is 15.1. The second-order valence-corrected chi connectivity index (χ2v) is 7.69. The van der Waals surface area contributed by atoms with E-state index in [9.17, 15) is 5.11 Å². The monoisotopic (exact) mass is 272 g/mol. The Morgan fingerprint density at radius 3 is 2.16 bits per heavy atom. The number of hydrogen-bond donors (Lipinski definition) is 2. The summed E-state index contributed by atoms with van der Waals surface area (Å²) < 4.78 is 6.23. The molecule has 0 saturated carbocycles. The fraction of sp³-hybridized carbons (Fsp3) is 1.00.